The molecule has 128 valence electrons. The van der Waals surface area contributed by atoms with Crippen LogP contribution in [-0.2, 0) is 14.2 Å². The number of methoxy groups -OCH3 is 4. The third kappa shape index (κ3) is 4.44. The second kappa shape index (κ2) is 8.87. The Morgan fingerprint density at radius 1 is 0.875 bits per heavy atom. The van der Waals surface area contributed by atoms with Crippen molar-refractivity contribution in [1.29, 1.82) is 0 Å². The first-order valence-corrected chi connectivity index (χ1v) is 7.78. The third-order valence-electron chi connectivity index (χ3n) is 3.81. The molecule has 0 bridgehead atoms. The normalized spacial score (nSPS) is 18.0. The van der Waals surface area contributed by atoms with Crippen LogP contribution in [-0.4, -0.2) is 28.4 Å². The fourth-order valence-electron chi connectivity index (χ4n) is 2.54. The van der Waals surface area contributed by atoms with Gasteiger partial charge in [-0.25, -0.2) is 0 Å². The van der Waals surface area contributed by atoms with Crippen LogP contribution in [0, 0.1) is 5.92 Å². The molecular formula is C20H24O4. The Morgan fingerprint density at radius 3 is 2.21 bits per heavy atom. The summed E-state index contributed by atoms with van der Waals surface area (Å²) in [4.78, 5) is 0. The van der Waals surface area contributed by atoms with Crippen molar-refractivity contribution in [2.45, 2.75) is 6.42 Å². The number of hydrogen-bond acceptors (Lipinski definition) is 4. The van der Waals surface area contributed by atoms with Crippen LogP contribution in [0.3, 0.4) is 0 Å². The van der Waals surface area contributed by atoms with Crippen LogP contribution in [0.2, 0.25) is 0 Å². The summed E-state index contributed by atoms with van der Waals surface area (Å²) in [5, 5.41) is 0. The topological polar surface area (TPSA) is 36.9 Å². The van der Waals surface area contributed by atoms with Crippen LogP contribution in [0.15, 0.2) is 65.8 Å². The molecule has 0 N–H and O–H groups in total. The van der Waals surface area contributed by atoms with Gasteiger partial charge < -0.3 is 18.9 Å². The highest BCUT2D eigenvalue weighted by molar-refractivity contribution is 5.52. The van der Waals surface area contributed by atoms with Crippen LogP contribution in [0.5, 0.6) is 5.75 Å². The average molecular weight is 328 g/mol. The van der Waals surface area contributed by atoms with Gasteiger partial charge in [0, 0.05) is 12.3 Å². The number of allylic oxidation sites excluding steroid dienone is 5. The molecule has 0 radical (unpaired) electrons. The predicted molar refractivity (Wildman–Crippen MR) is 95.4 cm³/mol. The lowest BCUT2D eigenvalue weighted by molar-refractivity contribution is 0.169. The quantitative estimate of drug-likeness (QED) is 0.699. The zero-order valence-corrected chi connectivity index (χ0v) is 14.6. The highest BCUT2D eigenvalue weighted by Gasteiger charge is 2.23. The van der Waals surface area contributed by atoms with Gasteiger partial charge in [-0.3, -0.25) is 0 Å². The van der Waals surface area contributed by atoms with Crippen LogP contribution in [0.1, 0.15) is 12.0 Å². The van der Waals surface area contributed by atoms with Crippen molar-refractivity contribution < 1.29 is 18.9 Å². The van der Waals surface area contributed by atoms with Gasteiger partial charge in [-0.05, 0) is 23.8 Å². The highest BCUT2D eigenvalue weighted by Crippen LogP contribution is 2.30. The molecule has 1 aromatic carbocycles. The zero-order chi connectivity index (χ0) is 17.4. The van der Waals surface area contributed by atoms with Gasteiger partial charge in [-0.1, -0.05) is 36.4 Å². The molecule has 0 saturated carbocycles. The van der Waals surface area contributed by atoms with Gasteiger partial charge in [-0.2, -0.15) is 0 Å². The monoisotopic (exact) mass is 328 g/mol. The number of rotatable bonds is 7. The second-order valence-electron chi connectivity index (χ2n) is 5.28. The molecule has 1 aliphatic carbocycles. The summed E-state index contributed by atoms with van der Waals surface area (Å²) < 4.78 is 21.3. The summed E-state index contributed by atoms with van der Waals surface area (Å²) in [5.74, 6) is 3.22. The Bertz CT molecular complexity index is 651. The van der Waals surface area contributed by atoms with E-state index >= 15 is 0 Å². The van der Waals surface area contributed by atoms with E-state index in [-0.39, 0.29) is 5.92 Å². The largest absolute Gasteiger partial charge is 0.497 e. The standard InChI is InChI=1S/C20H24O4/c1-21-17-11-9-15(10-12-17)7-5-6-8-16-13-18(22-2)20(24-4)19(14-16)23-3/h5-13,16H,14H2,1-4H3/b7-5+,8-6+. The van der Waals surface area contributed by atoms with E-state index in [0.29, 0.717) is 11.5 Å². The van der Waals surface area contributed by atoms with Gasteiger partial charge in [0.15, 0.2) is 11.5 Å². The van der Waals surface area contributed by atoms with Crippen molar-refractivity contribution in [3.8, 4) is 5.75 Å². The molecule has 24 heavy (non-hydrogen) atoms. The van der Waals surface area contributed by atoms with Gasteiger partial charge >= 0.3 is 0 Å². The number of benzene rings is 1. The van der Waals surface area contributed by atoms with E-state index in [1.54, 1.807) is 28.4 Å². The van der Waals surface area contributed by atoms with E-state index in [4.69, 9.17) is 18.9 Å². The van der Waals surface area contributed by atoms with Gasteiger partial charge in [0.05, 0.1) is 28.4 Å². The minimum atomic E-state index is 0.203. The van der Waals surface area contributed by atoms with Crippen molar-refractivity contribution in [2.75, 3.05) is 28.4 Å². The summed E-state index contributed by atoms with van der Waals surface area (Å²) in [5.41, 5.74) is 1.12. The minimum Gasteiger partial charge on any atom is -0.497 e. The Hall–Kier alpha value is -2.62. The lowest BCUT2D eigenvalue weighted by atomic mass is 9.96. The molecule has 4 nitrogen and oxygen atoms in total. The fourth-order valence-corrected chi connectivity index (χ4v) is 2.54. The summed E-state index contributed by atoms with van der Waals surface area (Å²) in [6, 6.07) is 7.92. The van der Waals surface area contributed by atoms with Crippen LogP contribution < -0.4 is 4.74 Å². The van der Waals surface area contributed by atoms with Gasteiger partial charge in [0.1, 0.15) is 11.5 Å². The second-order valence-corrected chi connectivity index (χ2v) is 5.28. The fraction of sp³-hybridized carbons (Fsp3) is 0.300. The molecular weight excluding hydrogens is 304 g/mol. The molecule has 0 fully saturated rings. The Labute approximate surface area is 143 Å². The van der Waals surface area contributed by atoms with Gasteiger partial charge in [0.25, 0.3) is 0 Å². The minimum absolute atomic E-state index is 0.203. The maximum atomic E-state index is 5.42. The van der Waals surface area contributed by atoms with E-state index in [9.17, 15) is 0 Å². The molecule has 1 unspecified atom stereocenters. The molecule has 0 saturated heterocycles. The first-order chi connectivity index (χ1) is 11.7. The van der Waals surface area contributed by atoms with E-state index in [1.807, 2.05) is 48.6 Å². The lowest BCUT2D eigenvalue weighted by Gasteiger charge is -2.22. The first kappa shape index (κ1) is 17.7. The molecule has 1 aromatic rings. The molecule has 4 heteroatoms. The number of ether oxygens (including phenoxy) is 4. The van der Waals surface area contributed by atoms with Crippen molar-refractivity contribution in [2.24, 2.45) is 5.92 Å². The molecule has 2 rings (SSSR count). The third-order valence-corrected chi connectivity index (χ3v) is 3.81. The summed E-state index contributed by atoms with van der Waals surface area (Å²) in [7, 11) is 6.57. The Morgan fingerprint density at radius 2 is 1.62 bits per heavy atom. The first-order valence-electron chi connectivity index (χ1n) is 7.78. The van der Waals surface area contributed by atoms with Crippen molar-refractivity contribution in [3.63, 3.8) is 0 Å². The van der Waals surface area contributed by atoms with Crippen LogP contribution in [0.25, 0.3) is 6.08 Å². The molecule has 1 atom stereocenters. The Balaban J connectivity index is 2.02. The predicted octanol–water partition coefficient (Wildman–Crippen LogP) is 4.32. The van der Waals surface area contributed by atoms with Crippen molar-refractivity contribution >= 4 is 6.08 Å². The van der Waals surface area contributed by atoms with Gasteiger partial charge in [-0.15, -0.1) is 0 Å². The van der Waals surface area contributed by atoms with E-state index in [2.05, 4.69) is 6.08 Å². The lowest BCUT2D eigenvalue weighted by Crippen LogP contribution is -2.12. The highest BCUT2D eigenvalue weighted by atomic mass is 16.5. The maximum Gasteiger partial charge on any atom is 0.198 e. The van der Waals surface area contributed by atoms with E-state index < -0.39 is 0 Å². The molecule has 0 aliphatic heterocycles. The summed E-state index contributed by atoms with van der Waals surface area (Å²) >= 11 is 0. The van der Waals surface area contributed by atoms with Crippen LogP contribution in [0.4, 0.5) is 0 Å². The molecule has 0 amide bonds. The molecule has 0 aromatic heterocycles. The molecule has 0 spiro atoms. The Kier molecular flexibility index (Phi) is 6.55. The van der Waals surface area contributed by atoms with Crippen LogP contribution >= 0.6 is 0 Å². The maximum absolute atomic E-state index is 5.42. The molecule has 0 heterocycles. The average Bonchev–Trinajstić information content (AvgIpc) is 2.64. The smallest absolute Gasteiger partial charge is 0.198 e. The summed E-state index contributed by atoms with van der Waals surface area (Å²) in [6.45, 7) is 0. The summed E-state index contributed by atoms with van der Waals surface area (Å²) in [6.07, 6.45) is 11.0. The van der Waals surface area contributed by atoms with E-state index in [0.717, 1.165) is 23.5 Å². The molecule has 1 aliphatic rings. The SMILES string of the molecule is COC1=CC(/C=C/C=C/c2ccc(OC)cc2)CC(OC)=C1OC. The zero-order valence-electron chi connectivity index (χ0n) is 14.6. The van der Waals surface area contributed by atoms with E-state index in [1.165, 1.54) is 0 Å². The van der Waals surface area contributed by atoms with Gasteiger partial charge in [0.2, 0.25) is 0 Å². The van der Waals surface area contributed by atoms with Crippen molar-refractivity contribution in [1.82, 2.24) is 0 Å². The number of hydrogen-bond donors (Lipinski definition) is 0. The van der Waals surface area contributed by atoms with Crippen molar-refractivity contribution in [3.05, 3.63) is 71.4 Å².